The smallest absolute Gasteiger partial charge is 0.379 e. The first-order valence-electron chi connectivity index (χ1n) is 12.6. The lowest BCUT2D eigenvalue weighted by molar-refractivity contribution is -0.137. The van der Waals surface area contributed by atoms with E-state index in [-0.39, 0.29) is 36.2 Å². The maximum absolute atomic E-state index is 13.6. The number of morpholine rings is 1. The molecule has 1 aliphatic heterocycles. The van der Waals surface area contributed by atoms with Crippen LogP contribution in [0.2, 0.25) is 0 Å². The molecule has 1 aromatic heterocycles. The molecule has 2 unspecified atom stereocenters. The average Bonchev–Trinajstić information content (AvgIpc) is 2.82. The number of rotatable bonds is 9. The van der Waals surface area contributed by atoms with Gasteiger partial charge in [-0.25, -0.2) is 4.98 Å². The lowest BCUT2D eigenvalue weighted by Crippen LogP contribution is -2.49. The van der Waals surface area contributed by atoms with Gasteiger partial charge in [0.25, 0.3) is 0 Å². The highest BCUT2D eigenvalue weighted by Gasteiger charge is 2.40. The van der Waals surface area contributed by atoms with Gasteiger partial charge in [0.15, 0.2) is 0 Å². The molecule has 0 spiro atoms. The summed E-state index contributed by atoms with van der Waals surface area (Å²) in [5, 5.41) is 11.3. The Balaban J connectivity index is 1.40. The van der Waals surface area contributed by atoms with Crippen LogP contribution in [0.5, 0.6) is 0 Å². The predicted octanol–water partition coefficient (Wildman–Crippen LogP) is 3.22. The van der Waals surface area contributed by atoms with Crippen molar-refractivity contribution in [1.29, 1.82) is 0 Å². The third kappa shape index (κ3) is 7.32. The topological polar surface area (TPSA) is 121 Å². The molecular weight excluding hydrogens is 503 g/mol. The average molecular weight is 536 g/mol. The first-order chi connectivity index (χ1) is 18.1. The Morgan fingerprint density at radius 2 is 1.79 bits per heavy atom. The van der Waals surface area contributed by atoms with Crippen molar-refractivity contribution in [3.8, 4) is 0 Å². The molecule has 1 aliphatic carbocycles. The maximum Gasteiger partial charge on any atom is 0.421 e. The van der Waals surface area contributed by atoms with E-state index >= 15 is 0 Å². The van der Waals surface area contributed by atoms with Crippen LogP contribution < -0.4 is 21.3 Å². The molecular formula is C25H32F3N7O3. The number of amides is 2. The van der Waals surface area contributed by atoms with E-state index in [4.69, 9.17) is 4.74 Å². The zero-order valence-corrected chi connectivity index (χ0v) is 21.3. The van der Waals surface area contributed by atoms with Gasteiger partial charge in [0, 0.05) is 42.7 Å². The highest BCUT2D eigenvalue weighted by molar-refractivity contribution is 5.92. The van der Waals surface area contributed by atoms with Gasteiger partial charge in [0.05, 0.1) is 25.7 Å². The number of benzene rings is 1. The number of aromatic nitrogens is 2. The largest absolute Gasteiger partial charge is 0.421 e. The fraction of sp³-hybridized carbons (Fsp3) is 0.520. The van der Waals surface area contributed by atoms with Gasteiger partial charge >= 0.3 is 6.18 Å². The molecule has 1 aromatic carbocycles. The Morgan fingerprint density at radius 1 is 1.11 bits per heavy atom. The van der Waals surface area contributed by atoms with Gasteiger partial charge in [0.2, 0.25) is 17.8 Å². The zero-order valence-electron chi connectivity index (χ0n) is 21.3. The molecule has 4 N–H and O–H groups in total. The lowest BCUT2D eigenvalue weighted by Gasteiger charge is -2.37. The number of hydrogen-bond donors (Lipinski definition) is 4. The van der Waals surface area contributed by atoms with Crippen molar-refractivity contribution in [1.82, 2.24) is 20.2 Å². The van der Waals surface area contributed by atoms with Crippen molar-refractivity contribution in [3.05, 3.63) is 36.0 Å². The number of nitrogens with zero attached hydrogens (tertiary/aromatic N) is 3. The minimum absolute atomic E-state index is 0.0351. The van der Waals surface area contributed by atoms with Crippen LogP contribution >= 0.6 is 0 Å². The molecule has 4 rings (SSSR count). The summed E-state index contributed by atoms with van der Waals surface area (Å²) in [6, 6.07) is 6.16. The molecule has 2 aliphatic rings. The quantitative estimate of drug-likeness (QED) is 0.386. The number of ether oxygens (including phenoxy) is 1. The number of hydrogen-bond acceptors (Lipinski definition) is 8. The van der Waals surface area contributed by atoms with E-state index in [1.807, 2.05) is 18.7 Å². The van der Waals surface area contributed by atoms with Gasteiger partial charge < -0.3 is 26.0 Å². The number of halogens is 3. The first kappa shape index (κ1) is 27.6. The monoisotopic (exact) mass is 535 g/mol. The Labute approximate surface area is 218 Å². The Bertz CT molecular complexity index is 1120. The van der Waals surface area contributed by atoms with Gasteiger partial charge in [-0.2, -0.15) is 18.2 Å². The van der Waals surface area contributed by atoms with Gasteiger partial charge in [0.1, 0.15) is 11.4 Å². The molecule has 0 bridgehead atoms. The summed E-state index contributed by atoms with van der Waals surface area (Å²) in [4.78, 5) is 34.6. The standard InChI is InChI=1S/C25H32F3N7O3/c1-15(2)30-23(37)18-7-8-20(18)33-22-19(25(26,27)28)13-29-24(34-22)32-17-5-3-16(4-6-17)31-21(36)14-35-9-11-38-12-10-35/h3-6,13,15,18,20H,7-12,14H2,1-2H3,(H,30,37)(H,31,36)(H2,29,32,33,34). The molecule has 38 heavy (non-hydrogen) atoms. The second-order valence-electron chi connectivity index (χ2n) is 9.69. The van der Waals surface area contributed by atoms with E-state index in [2.05, 4.69) is 31.2 Å². The molecule has 2 fully saturated rings. The van der Waals surface area contributed by atoms with Crippen LogP contribution in [0.1, 0.15) is 32.3 Å². The van der Waals surface area contributed by atoms with Crippen molar-refractivity contribution in [3.63, 3.8) is 0 Å². The van der Waals surface area contributed by atoms with E-state index in [0.717, 1.165) is 6.20 Å². The molecule has 10 nitrogen and oxygen atoms in total. The summed E-state index contributed by atoms with van der Waals surface area (Å²) in [6.07, 6.45) is -2.80. The fourth-order valence-electron chi connectivity index (χ4n) is 4.24. The third-order valence-electron chi connectivity index (χ3n) is 6.35. The van der Waals surface area contributed by atoms with Crippen LogP contribution in [0.15, 0.2) is 30.5 Å². The number of carbonyl (C=O) groups excluding carboxylic acids is 2. The summed E-state index contributed by atoms with van der Waals surface area (Å²) >= 11 is 0. The second kappa shape index (κ2) is 11.9. The highest BCUT2D eigenvalue weighted by Crippen LogP contribution is 2.37. The molecule has 206 valence electrons. The zero-order chi connectivity index (χ0) is 27.3. The summed E-state index contributed by atoms with van der Waals surface area (Å²) in [5.41, 5.74) is 0.108. The van der Waals surface area contributed by atoms with E-state index in [1.54, 1.807) is 24.3 Å². The van der Waals surface area contributed by atoms with Gasteiger partial charge in [-0.3, -0.25) is 14.5 Å². The highest BCUT2D eigenvalue weighted by atomic mass is 19.4. The van der Waals surface area contributed by atoms with Crippen LogP contribution in [0.3, 0.4) is 0 Å². The number of carbonyl (C=O) groups is 2. The fourth-order valence-corrected chi connectivity index (χ4v) is 4.24. The normalized spacial score (nSPS) is 19.9. The Hall–Kier alpha value is -3.45. The SMILES string of the molecule is CC(C)NC(=O)C1CCC1Nc1nc(Nc2ccc(NC(=O)CN3CCOCC3)cc2)ncc1C(F)(F)F. The number of anilines is 4. The predicted molar refractivity (Wildman–Crippen MR) is 136 cm³/mol. The molecule has 2 heterocycles. The molecule has 0 radical (unpaired) electrons. The van der Waals surface area contributed by atoms with Crippen LogP contribution in [0, 0.1) is 5.92 Å². The van der Waals surface area contributed by atoms with Crippen molar-refractivity contribution in [2.24, 2.45) is 5.92 Å². The van der Waals surface area contributed by atoms with Gasteiger partial charge in [-0.1, -0.05) is 0 Å². The van der Waals surface area contributed by atoms with Crippen molar-refractivity contribution >= 4 is 35.0 Å². The van der Waals surface area contributed by atoms with Crippen molar-refractivity contribution in [2.75, 3.05) is 48.8 Å². The minimum atomic E-state index is -4.67. The summed E-state index contributed by atoms with van der Waals surface area (Å²) in [6.45, 7) is 6.53. The van der Waals surface area contributed by atoms with Crippen molar-refractivity contribution in [2.45, 2.75) is 44.9 Å². The molecule has 2 amide bonds. The van der Waals surface area contributed by atoms with E-state index in [0.29, 0.717) is 50.5 Å². The summed E-state index contributed by atoms with van der Waals surface area (Å²) in [5.74, 6) is -1.19. The molecule has 1 saturated carbocycles. The summed E-state index contributed by atoms with van der Waals surface area (Å²) in [7, 11) is 0. The first-order valence-corrected chi connectivity index (χ1v) is 12.6. The van der Waals surface area contributed by atoms with E-state index in [1.165, 1.54) is 0 Å². The molecule has 13 heteroatoms. The van der Waals surface area contributed by atoms with E-state index < -0.39 is 23.7 Å². The maximum atomic E-state index is 13.6. The summed E-state index contributed by atoms with van der Waals surface area (Å²) < 4.78 is 46.2. The number of nitrogens with one attached hydrogen (secondary N) is 4. The minimum Gasteiger partial charge on any atom is -0.379 e. The van der Waals surface area contributed by atoms with Crippen LogP contribution in [0.25, 0.3) is 0 Å². The van der Waals surface area contributed by atoms with E-state index in [9.17, 15) is 22.8 Å². The van der Waals surface area contributed by atoms with Crippen LogP contribution in [-0.2, 0) is 20.5 Å². The van der Waals surface area contributed by atoms with Crippen molar-refractivity contribution < 1.29 is 27.5 Å². The molecule has 2 atom stereocenters. The molecule has 2 aromatic rings. The van der Waals surface area contributed by atoms with Crippen LogP contribution in [0.4, 0.5) is 36.3 Å². The second-order valence-corrected chi connectivity index (χ2v) is 9.69. The third-order valence-corrected chi connectivity index (χ3v) is 6.35. The number of alkyl halides is 3. The Morgan fingerprint density at radius 3 is 2.39 bits per heavy atom. The van der Waals surface area contributed by atoms with Gasteiger partial charge in [-0.05, 0) is 51.0 Å². The Kier molecular flexibility index (Phi) is 8.67. The van der Waals surface area contributed by atoms with Crippen LogP contribution in [-0.4, -0.2) is 71.6 Å². The lowest BCUT2D eigenvalue weighted by atomic mass is 9.78. The van der Waals surface area contributed by atoms with Gasteiger partial charge in [-0.15, -0.1) is 0 Å². The molecule has 1 saturated heterocycles.